The number of carbonyl (C=O) groups is 2. The molecule has 0 saturated carbocycles. The highest BCUT2D eigenvalue weighted by Crippen LogP contribution is 2.36. The fourth-order valence-electron chi connectivity index (χ4n) is 3.10. The first-order chi connectivity index (χ1) is 12.0. The molecule has 0 radical (unpaired) electrons. The minimum Gasteiger partial charge on any atom is -0.379 e. The van der Waals surface area contributed by atoms with Crippen molar-refractivity contribution >= 4 is 29.3 Å². The zero-order valence-electron chi connectivity index (χ0n) is 14.7. The number of thioether (sulfide) groups is 1. The number of aromatic nitrogens is 1. The van der Waals surface area contributed by atoms with Crippen LogP contribution in [0.25, 0.3) is 0 Å². The van der Waals surface area contributed by atoms with Crippen molar-refractivity contribution in [3.05, 3.63) is 17.3 Å². The number of amides is 2. The van der Waals surface area contributed by atoms with Gasteiger partial charge in [-0.15, -0.1) is 0 Å². The molecule has 1 aromatic rings. The molecule has 2 amide bonds. The van der Waals surface area contributed by atoms with E-state index in [9.17, 15) is 9.59 Å². The highest BCUT2D eigenvalue weighted by Gasteiger charge is 2.29. The number of anilines is 1. The normalized spacial score (nSPS) is 18.2. The molecule has 0 aromatic carbocycles. The summed E-state index contributed by atoms with van der Waals surface area (Å²) in [6.07, 6.45) is 0. The van der Waals surface area contributed by atoms with E-state index in [1.807, 2.05) is 19.9 Å². The van der Waals surface area contributed by atoms with Gasteiger partial charge in [0.05, 0.1) is 24.7 Å². The predicted octanol–water partition coefficient (Wildman–Crippen LogP) is 0.586. The monoisotopic (exact) mass is 364 g/mol. The van der Waals surface area contributed by atoms with Gasteiger partial charge in [-0.05, 0) is 25.5 Å². The summed E-state index contributed by atoms with van der Waals surface area (Å²) in [6, 6.07) is 1.95. The number of nitrogens with one attached hydrogen (secondary N) is 1. The molecule has 1 N–H and O–H groups in total. The van der Waals surface area contributed by atoms with E-state index in [4.69, 9.17) is 4.74 Å². The number of nitrogens with zero attached hydrogens (tertiary/aromatic N) is 3. The van der Waals surface area contributed by atoms with Crippen LogP contribution in [-0.4, -0.2) is 73.4 Å². The second kappa shape index (κ2) is 8.16. The molecule has 8 heteroatoms. The van der Waals surface area contributed by atoms with Gasteiger partial charge in [-0.1, -0.05) is 11.8 Å². The molecule has 0 bridgehead atoms. The van der Waals surface area contributed by atoms with Crippen LogP contribution in [0.3, 0.4) is 0 Å². The van der Waals surface area contributed by atoms with Gasteiger partial charge in [0, 0.05) is 31.9 Å². The molecule has 1 aromatic heterocycles. The summed E-state index contributed by atoms with van der Waals surface area (Å²) in [5, 5.41) is 3.75. The van der Waals surface area contributed by atoms with Crippen LogP contribution in [0, 0.1) is 13.8 Å². The van der Waals surface area contributed by atoms with Gasteiger partial charge >= 0.3 is 0 Å². The third-order valence-electron chi connectivity index (χ3n) is 4.34. The van der Waals surface area contributed by atoms with Crippen molar-refractivity contribution in [2.45, 2.75) is 18.9 Å². The summed E-state index contributed by atoms with van der Waals surface area (Å²) in [4.78, 5) is 33.0. The Hall–Kier alpha value is -1.64. The first-order valence-corrected chi connectivity index (χ1v) is 9.51. The molecule has 2 aliphatic heterocycles. The van der Waals surface area contributed by atoms with Gasteiger partial charge in [0.15, 0.2) is 0 Å². The molecule has 0 aliphatic carbocycles. The molecule has 3 rings (SSSR count). The molecule has 0 spiro atoms. The number of aryl methyl sites for hydroxylation is 2. The fourth-order valence-corrected chi connectivity index (χ4v) is 4.13. The summed E-state index contributed by atoms with van der Waals surface area (Å²) in [5.74, 6) is 0.137. The third-order valence-corrected chi connectivity index (χ3v) is 5.29. The van der Waals surface area contributed by atoms with Gasteiger partial charge in [0.25, 0.3) is 0 Å². The van der Waals surface area contributed by atoms with Gasteiger partial charge < -0.3 is 10.1 Å². The maximum Gasteiger partial charge on any atom is 0.240 e. The van der Waals surface area contributed by atoms with E-state index in [1.54, 1.807) is 4.90 Å². The smallest absolute Gasteiger partial charge is 0.240 e. The topological polar surface area (TPSA) is 74.8 Å². The lowest BCUT2D eigenvalue weighted by molar-refractivity contribution is -0.123. The van der Waals surface area contributed by atoms with E-state index in [1.165, 1.54) is 11.8 Å². The van der Waals surface area contributed by atoms with Crippen LogP contribution in [0.5, 0.6) is 0 Å². The number of pyridine rings is 1. The van der Waals surface area contributed by atoms with E-state index < -0.39 is 0 Å². The Kier molecular flexibility index (Phi) is 5.93. The van der Waals surface area contributed by atoms with Crippen LogP contribution in [0.2, 0.25) is 0 Å². The number of rotatable bonds is 5. The number of fused-ring (bicyclic) bond motifs is 1. The summed E-state index contributed by atoms with van der Waals surface area (Å²) < 4.78 is 5.31. The molecule has 2 aliphatic rings. The Balaban J connectivity index is 1.58. The Morgan fingerprint density at radius 1 is 1.36 bits per heavy atom. The predicted molar refractivity (Wildman–Crippen MR) is 97.1 cm³/mol. The van der Waals surface area contributed by atoms with Crippen LogP contribution in [-0.2, 0) is 14.3 Å². The molecular weight excluding hydrogens is 340 g/mol. The van der Waals surface area contributed by atoms with Gasteiger partial charge in [0.2, 0.25) is 11.8 Å². The van der Waals surface area contributed by atoms with Gasteiger partial charge in [0.1, 0.15) is 11.6 Å². The lowest BCUT2D eigenvalue weighted by Crippen LogP contribution is -2.46. The van der Waals surface area contributed by atoms with Crippen molar-refractivity contribution < 1.29 is 14.3 Å². The van der Waals surface area contributed by atoms with Crippen LogP contribution < -0.4 is 10.2 Å². The lowest BCUT2D eigenvalue weighted by Gasteiger charge is -2.30. The average molecular weight is 364 g/mol. The Bertz CT molecular complexity index is 662. The average Bonchev–Trinajstić information content (AvgIpc) is 2.58. The molecule has 3 heterocycles. The van der Waals surface area contributed by atoms with Crippen LogP contribution >= 0.6 is 11.8 Å². The number of carbonyl (C=O) groups excluding carboxylic acids is 2. The van der Waals surface area contributed by atoms with Gasteiger partial charge in [-0.3, -0.25) is 19.4 Å². The second-order valence-electron chi connectivity index (χ2n) is 6.31. The van der Waals surface area contributed by atoms with E-state index >= 15 is 0 Å². The van der Waals surface area contributed by atoms with Crippen LogP contribution in [0.1, 0.15) is 11.3 Å². The maximum atomic E-state index is 12.3. The first-order valence-electron chi connectivity index (χ1n) is 8.53. The third kappa shape index (κ3) is 4.50. The van der Waals surface area contributed by atoms with Crippen LogP contribution in [0.15, 0.2) is 11.1 Å². The number of hydrogen-bond acceptors (Lipinski definition) is 6. The number of ether oxygens (including phenoxy) is 1. The zero-order chi connectivity index (χ0) is 17.8. The molecular formula is C17H24N4O3S. The van der Waals surface area contributed by atoms with Crippen molar-refractivity contribution in [3.8, 4) is 0 Å². The molecule has 0 unspecified atom stereocenters. The molecule has 1 fully saturated rings. The molecule has 7 nitrogen and oxygen atoms in total. The summed E-state index contributed by atoms with van der Waals surface area (Å²) >= 11 is 1.44. The SMILES string of the molecule is Cc1cc(C)c2c(n1)SCC(=O)N2CC(=O)NCCN1CCOCC1. The largest absolute Gasteiger partial charge is 0.379 e. The molecule has 136 valence electrons. The van der Waals surface area contributed by atoms with Gasteiger partial charge in [-0.25, -0.2) is 4.98 Å². The van der Waals surface area contributed by atoms with E-state index in [0.29, 0.717) is 12.3 Å². The van der Waals surface area contributed by atoms with E-state index in [0.717, 1.165) is 54.8 Å². The standard InChI is InChI=1S/C17H24N4O3S/c1-12-9-13(2)19-17-16(12)21(15(23)11-25-17)10-14(22)18-3-4-20-5-7-24-8-6-20/h9H,3-8,10-11H2,1-2H3,(H,18,22). The Morgan fingerprint density at radius 3 is 2.88 bits per heavy atom. The van der Waals surface area contributed by atoms with E-state index in [-0.39, 0.29) is 18.4 Å². The summed E-state index contributed by atoms with van der Waals surface area (Å²) in [7, 11) is 0. The van der Waals surface area contributed by atoms with Crippen molar-refractivity contribution in [1.82, 2.24) is 15.2 Å². The number of hydrogen-bond donors (Lipinski definition) is 1. The van der Waals surface area contributed by atoms with Crippen LogP contribution in [0.4, 0.5) is 5.69 Å². The lowest BCUT2D eigenvalue weighted by atomic mass is 10.2. The number of morpholine rings is 1. The maximum absolute atomic E-state index is 12.3. The molecule has 0 atom stereocenters. The second-order valence-corrected chi connectivity index (χ2v) is 7.27. The first kappa shape index (κ1) is 18.2. The summed E-state index contributed by atoms with van der Waals surface area (Å²) in [6.45, 7) is 8.60. The quantitative estimate of drug-likeness (QED) is 0.824. The Morgan fingerprint density at radius 2 is 2.12 bits per heavy atom. The highest BCUT2D eigenvalue weighted by molar-refractivity contribution is 8.00. The highest BCUT2D eigenvalue weighted by atomic mass is 32.2. The Labute approximate surface area is 152 Å². The van der Waals surface area contributed by atoms with Gasteiger partial charge in [-0.2, -0.15) is 0 Å². The summed E-state index contributed by atoms with van der Waals surface area (Å²) in [5.41, 5.74) is 2.67. The van der Waals surface area contributed by atoms with E-state index in [2.05, 4.69) is 15.2 Å². The minimum absolute atomic E-state index is 0.0427. The van der Waals surface area contributed by atoms with Crippen molar-refractivity contribution in [3.63, 3.8) is 0 Å². The minimum atomic E-state index is -0.139. The zero-order valence-corrected chi connectivity index (χ0v) is 15.5. The fraction of sp³-hybridized carbons (Fsp3) is 0.588. The molecule has 1 saturated heterocycles. The van der Waals surface area contributed by atoms with Crippen molar-refractivity contribution in [2.75, 3.05) is 56.6 Å². The van der Waals surface area contributed by atoms with Crippen molar-refractivity contribution in [1.29, 1.82) is 0 Å². The molecule has 25 heavy (non-hydrogen) atoms. The van der Waals surface area contributed by atoms with Crippen molar-refractivity contribution in [2.24, 2.45) is 0 Å².